The normalized spacial score (nSPS) is 10.8. The number of halogens is 2. The third-order valence-electron chi connectivity index (χ3n) is 2.92. The SMILES string of the molecule is CN(C(=O)c1cnc(Cl)c(Cl)c1)c1nc2ccccc2s1. The van der Waals surface area contributed by atoms with Crippen molar-refractivity contribution in [2.45, 2.75) is 0 Å². The Balaban J connectivity index is 1.94. The minimum absolute atomic E-state index is 0.177. The number of carbonyl (C=O) groups excluding carboxylic acids is 1. The van der Waals surface area contributed by atoms with E-state index in [-0.39, 0.29) is 16.1 Å². The number of benzene rings is 1. The molecule has 0 bridgehead atoms. The molecule has 2 aromatic heterocycles. The molecule has 21 heavy (non-hydrogen) atoms. The highest BCUT2D eigenvalue weighted by atomic mass is 35.5. The molecule has 0 saturated carbocycles. The molecule has 0 aliphatic rings. The second kappa shape index (κ2) is 5.60. The van der Waals surface area contributed by atoms with E-state index in [2.05, 4.69) is 9.97 Å². The quantitative estimate of drug-likeness (QED) is 0.656. The van der Waals surface area contributed by atoms with E-state index in [0.717, 1.165) is 10.2 Å². The van der Waals surface area contributed by atoms with Crippen molar-refractivity contribution in [1.29, 1.82) is 0 Å². The summed E-state index contributed by atoms with van der Waals surface area (Å²) in [5.41, 5.74) is 1.23. The molecular formula is C14H9Cl2N3OS. The van der Waals surface area contributed by atoms with Crippen molar-refractivity contribution in [3.05, 3.63) is 52.3 Å². The number of rotatable bonds is 2. The Kier molecular flexibility index (Phi) is 3.80. The van der Waals surface area contributed by atoms with Crippen LogP contribution in [0.3, 0.4) is 0 Å². The van der Waals surface area contributed by atoms with Gasteiger partial charge in [0.2, 0.25) is 0 Å². The van der Waals surface area contributed by atoms with Crippen molar-refractivity contribution in [1.82, 2.24) is 9.97 Å². The van der Waals surface area contributed by atoms with E-state index in [0.29, 0.717) is 10.7 Å². The Morgan fingerprint density at radius 2 is 2.05 bits per heavy atom. The first-order valence-electron chi connectivity index (χ1n) is 6.01. The summed E-state index contributed by atoms with van der Waals surface area (Å²) in [5, 5.41) is 1.04. The summed E-state index contributed by atoms with van der Waals surface area (Å²) in [7, 11) is 1.67. The highest BCUT2D eigenvalue weighted by Crippen LogP contribution is 2.29. The van der Waals surface area contributed by atoms with E-state index in [4.69, 9.17) is 23.2 Å². The molecule has 3 aromatic rings. The van der Waals surface area contributed by atoms with Crippen LogP contribution in [0.25, 0.3) is 10.2 Å². The largest absolute Gasteiger partial charge is 0.287 e. The van der Waals surface area contributed by atoms with Crippen LogP contribution in [-0.4, -0.2) is 22.9 Å². The molecule has 0 atom stereocenters. The summed E-state index contributed by atoms with van der Waals surface area (Å²) in [6.07, 6.45) is 1.40. The number of thiazole rings is 1. The van der Waals surface area contributed by atoms with Crippen molar-refractivity contribution in [2.75, 3.05) is 11.9 Å². The molecule has 106 valence electrons. The zero-order valence-corrected chi connectivity index (χ0v) is 13.2. The lowest BCUT2D eigenvalue weighted by atomic mass is 10.2. The number of aromatic nitrogens is 2. The van der Waals surface area contributed by atoms with Crippen molar-refractivity contribution in [2.24, 2.45) is 0 Å². The van der Waals surface area contributed by atoms with Gasteiger partial charge in [0, 0.05) is 13.2 Å². The topological polar surface area (TPSA) is 46.1 Å². The average molecular weight is 338 g/mol. The maximum Gasteiger partial charge on any atom is 0.261 e. The van der Waals surface area contributed by atoms with Gasteiger partial charge in [-0.3, -0.25) is 9.69 Å². The van der Waals surface area contributed by atoms with E-state index in [1.165, 1.54) is 28.5 Å². The van der Waals surface area contributed by atoms with Crippen LogP contribution < -0.4 is 4.90 Å². The Hall–Kier alpha value is -1.69. The fourth-order valence-corrected chi connectivity index (χ4v) is 3.02. The minimum Gasteiger partial charge on any atom is -0.287 e. The van der Waals surface area contributed by atoms with Crippen molar-refractivity contribution in [3.63, 3.8) is 0 Å². The number of hydrogen-bond acceptors (Lipinski definition) is 4. The predicted molar refractivity (Wildman–Crippen MR) is 86.6 cm³/mol. The predicted octanol–water partition coefficient (Wildman–Crippen LogP) is 4.27. The average Bonchev–Trinajstić information content (AvgIpc) is 2.92. The highest BCUT2D eigenvalue weighted by molar-refractivity contribution is 7.22. The van der Waals surface area contributed by atoms with Gasteiger partial charge in [0.05, 0.1) is 20.8 Å². The molecule has 0 unspecified atom stereocenters. The maximum absolute atomic E-state index is 12.4. The van der Waals surface area contributed by atoms with Crippen LogP contribution in [0.1, 0.15) is 10.4 Å². The third-order valence-corrected chi connectivity index (χ3v) is 4.72. The van der Waals surface area contributed by atoms with Crippen LogP contribution in [0.4, 0.5) is 5.13 Å². The van der Waals surface area contributed by atoms with Gasteiger partial charge in [-0.1, -0.05) is 46.7 Å². The van der Waals surface area contributed by atoms with Gasteiger partial charge in [-0.15, -0.1) is 0 Å². The third kappa shape index (κ3) is 2.72. The monoisotopic (exact) mass is 337 g/mol. The standard InChI is InChI=1S/C14H9Cl2N3OS/c1-19(13(20)8-6-9(15)12(16)17-7-8)14-18-10-4-2-3-5-11(10)21-14/h2-7H,1H3. The second-order valence-corrected chi connectivity index (χ2v) is 6.10. The first-order chi connectivity index (χ1) is 10.1. The first-order valence-corrected chi connectivity index (χ1v) is 7.58. The second-order valence-electron chi connectivity index (χ2n) is 4.32. The maximum atomic E-state index is 12.4. The van der Waals surface area contributed by atoms with E-state index < -0.39 is 0 Å². The van der Waals surface area contributed by atoms with Crippen LogP contribution in [0, 0.1) is 0 Å². The van der Waals surface area contributed by atoms with E-state index in [1.54, 1.807) is 7.05 Å². The van der Waals surface area contributed by atoms with Crippen molar-refractivity contribution in [3.8, 4) is 0 Å². The van der Waals surface area contributed by atoms with Crippen LogP contribution >= 0.6 is 34.5 Å². The molecule has 0 aliphatic heterocycles. The Labute approximate surface area is 135 Å². The molecule has 4 nitrogen and oxygen atoms in total. The lowest BCUT2D eigenvalue weighted by Crippen LogP contribution is -2.26. The smallest absolute Gasteiger partial charge is 0.261 e. The molecule has 1 amide bonds. The Bertz CT molecular complexity index is 801. The molecule has 0 spiro atoms. The lowest BCUT2D eigenvalue weighted by Gasteiger charge is -2.13. The molecular weight excluding hydrogens is 329 g/mol. The number of fused-ring (bicyclic) bond motifs is 1. The van der Waals surface area contributed by atoms with Crippen LogP contribution in [0.2, 0.25) is 10.2 Å². The zero-order valence-electron chi connectivity index (χ0n) is 10.9. The molecule has 0 saturated heterocycles. The molecule has 0 fully saturated rings. The van der Waals surface area contributed by atoms with Gasteiger partial charge in [-0.05, 0) is 18.2 Å². The van der Waals surface area contributed by atoms with Crippen molar-refractivity contribution >= 4 is 55.8 Å². The van der Waals surface area contributed by atoms with Crippen molar-refractivity contribution < 1.29 is 4.79 Å². The molecule has 3 rings (SSSR count). The molecule has 2 heterocycles. The van der Waals surface area contributed by atoms with Gasteiger partial charge >= 0.3 is 0 Å². The number of anilines is 1. The molecule has 0 radical (unpaired) electrons. The summed E-state index contributed by atoms with van der Waals surface area (Å²) in [6, 6.07) is 9.23. The number of hydrogen-bond donors (Lipinski definition) is 0. The minimum atomic E-state index is -0.236. The van der Waals surface area contributed by atoms with Gasteiger partial charge in [0.25, 0.3) is 5.91 Å². The number of pyridine rings is 1. The fourth-order valence-electron chi connectivity index (χ4n) is 1.82. The summed E-state index contributed by atoms with van der Waals surface area (Å²) >= 11 is 13.1. The summed E-state index contributed by atoms with van der Waals surface area (Å²) in [4.78, 5) is 22.2. The summed E-state index contributed by atoms with van der Waals surface area (Å²) in [5.74, 6) is -0.236. The molecule has 0 aliphatic carbocycles. The van der Waals surface area contributed by atoms with Gasteiger partial charge < -0.3 is 0 Å². The van der Waals surface area contributed by atoms with Gasteiger partial charge in [0.15, 0.2) is 5.13 Å². The fraction of sp³-hybridized carbons (Fsp3) is 0.0714. The van der Waals surface area contributed by atoms with Gasteiger partial charge in [-0.25, -0.2) is 9.97 Å². The van der Waals surface area contributed by atoms with Crippen LogP contribution in [0.5, 0.6) is 0 Å². The Morgan fingerprint density at radius 3 is 2.76 bits per heavy atom. The number of amides is 1. The van der Waals surface area contributed by atoms with E-state index in [1.807, 2.05) is 24.3 Å². The molecule has 7 heteroatoms. The summed E-state index contributed by atoms with van der Waals surface area (Å²) < 4.78 is 1.03. The number of carbonyl (C=O) groups is 1. The molecule has 0 N–H and O–H groups in total. The van der Waals surface area contributed by atoms with Crippen LogP contribution in [0.15, 0.2) is 36.5 Å². The Morgan fingerprint density at radius 1 is 1.29 bits per heavy atom. The molecule has 1 aromatic carbocycles. The number of para-hydroxylation sites is 1. The van der Waals surface area contributed by atoms with Crippen LogP contribution in [-0.2, 0) is 0 Å². The summed E-state index contributed by atoms with van der Waals surface area (Å²) in [6.45, 7) is 0. The lowest BCUT2D eigenvalue weighted by molar-refractivity contribution is 0.0992. The van der Waals surface area contributed by atoms with Gasteiger partial charge in [0.1, 0.15) is 5.15 Å². The highest BCUT2D eigenvalue weighted by Gasteiger charge is 2.18. The van der Waals surface area contributed by atoms with Gasteiger partial charge in [-0.2, -0.15) is 0 Å². The van der Waals surface area contributed by atoms with E-state index in [9.17, 15) is 4.79 Å². The number of nitrogens with zero attached hydrogens (tertiary/aromatic N) is 3. The first kappa shape index (κ1) is 14.3. The van der Waals surface area contributed by atoms with E-state index >= 15 is 0 Å². The zero-order chi connectivity index (χ0) is 15.0.